The van der Waals surface area contributed by atoms with E-state index in [-0.39, 0.29) is 0 Å². The third-order valence-corrected chi connectivity index (χ3v) is 9.08. The van der Waals surface area contributed by atoms with E-state index in [9.17, 15) is 0 Å². The third-order valence-electron chi connectivity index (χ3n) is 9.08. The highest BCUT2D eigenvalue weighted by molar-refractivity contribution is 5.02. The maximum absolute atomic E-state index is 4.98. The van der Waals surface area contributed by atoms with Gasteiger partial charge in [-0.15, -0.1) is 0 Å². The van der Waals surface area contributed by atoms with Gasteiger partial charge in [-0.2, -0.15) is 0 Å². The van der Waals surface area contributed by atoms with Crippen LogP contribution >= 0.6 is 0 Å². The second kappa shape index (κ2) is 27.4. The van der Waals surface area contributed by atoms with Crippen molar-refractivity contribution >= 4 is 0 Å². The van der Waals surface area contributed by atoms with Crippen molar-refractivity contribution in [2.24, 2.45) is 0 Å². The maximum Gasteiger partial charge on any atom is 0.111 e. The fourth-order valence-corrected chi connectivity index (χ4v) is 6.35. The van der Waals surface area contributed by atoms with Crippen molar-refractivity contribution in [3.05, 3.63) is 18.2 Å². The Morgan fingerprint density at radius 1 is 0.487 bits per heavy atom. The minimum absolute atomic E-state index is 0.590. The molecule has 0 bridgehead atoms. The molecule has 0 fully saturated rings. The molecular weight excluding hydrogens is 472 g/mol. The van der Waals surface area contributed by atoms with Crippen molar-refractivity contribution in [2.45, 2.75) is 219 Å². The molecule has 0 aliphatic carbocycles. The molecule has 1 aromatic rings. The Balaban J connectivity index is 2.41. The summed E-state index contributed by atoms with van der Waals surface area (Å²) in [6.07, 6.45) is 43.7. The number of rotatable bonds is 30. The molecule has 2 atom stereocenters. The monoisotopic (exact) mass is 545 g/mol. The van der Waals surface area contributed by atoms with Gasteiger partial charge in [-0.05, 0) is 26.2 Å². The normalized spacial score (nSPS) is 13.2. The number of nitrogens with zero attached hydrogens (tertiary/aromatic N) is 2. The zero-order chi connectivity index (χ0) is 28.2. The first-order chi connectivity index (χ1) is 19.2. The molecule has 1 rings (SSSR count). The molecule has 230 valence electrons. The summed E-state index contributed by atoms with van der Waals surface area (Å²) in [7, 11) is 0. The number of unbranched alkanes of at least 4 members (excludes halogenated alkanes) is 22. The number of imidazole rings is 1. The lowest BCUT2D eigenvalue weighted by Gasteiger charge is -2.22. The summed E-state index contributed by atoms with van der Waals surface area (Å²) in [4.78, 5) is 4.98. The van der Waals surface area contributed by atoms with Gasteiger partial charge in [0.1, 0.15) is 5.82 Å². The lowest BCUT2D eigenvalue weighted by atomic mass is 9.93. The van der Waals surface area contributed by atoms with E-state index in [0.717, 1.165) is 0 Å². The topological polar surface area (TPSA) is 17.8 Å². The summed E-state index contributed by atoms with van der Waals surface area (Å²) in [5.41, 5.74) is 0. The summed E-state index contributed by atoms with van der Waals surface area (Å²) in [6.45, 7) is 9.38. The van der Waals surface area contributed by atoms with E-state index in [1.165, 1.54) is 186 Å². The third kappa shape index (κ3) is 19.8. The van der Waals surface area contributed by atoms with Crippen LogP contribution in [0.5, 0.6) is 0 Å². The van der Waals surface area contributed by atoms with Crippen LogP contribution in [0.15, 0.2) is 12.4 Å². The van der Waals surface area contributed by atoms with Crippen molar-refractivity contribution in [3.8, 4) is 0 Å². The Morgan fingerprint density at radius 2 is 0.821 bits per heavy atom. The van der Waals surface area contributed by atoms with Crippen LogP contribution in [0.3, 0.4) is 0 Å². The predicted octanol–water partition coefficient (Wildman–Crippen LogP) is 13.5. The molecule has 0 N–H and O–H groups in total. The summed E-state index contributed by atoms with van der Waals surface area (Å²) < 4.78 is 2.57. The zero-order valence-corrected chi connectivity index (χ0v) is 27.5. The SMILES string of the molecule is CCCCCCCCCCCCCC(C)n1ccnc1C(CCCCCCCC)CCCCCCCCCC. The minimum atomic E-state index is 0.590. The van der Waals surface area contributed by atoms with Crippen LogP contribution in [0.25, 0.3) is 0 Å². The Morgan fingerprint density at radius 3 is 1.21 bits per heavy atom. The van der Waals surface area contributed by atoms with Gasteiger partial charge < -0.3 is 4.57 Å². The fraction of sp³-hybridized carbons (Fsp3) is 0.919. The summed E-state index contributed by atoms with van der Waals surface area (Å²) >= 11 is 0. The molecule has 0 saturated heterocycles. The van der Waals surface area contributed by atoms with Crippen LogP contribution in [0.2, 0.25) is 0 Å². The molecule has 0 aliphatic rings. The first-order valence-electron chi connectivity index (χ1n) is 18.3. The van der Waals surface area contributed by atoms with E-state index < -0.39 is 0 Å². The molecule has 0 aromatic carbocycles. The molecule has 2 unspecified atom stereocenters. The van der Waals surface area contributed by atoms with Gasteiger partial charge in [-0.1, -0.05) is 181 Å². The van der Waals surface area contributed by atoms with Gasteiger partial charge >= 0.3 is 0 Å². The van der Waals surface area contributed by atoms with E-state index in [1.807, 2.05) is 0 Å². The van der Waals surface area contributed by atoms with Crippen LogP contribution in [-0.2, 0) is 0 Å². The van der Waals surface area contributed by atoms with Crippen molar-refractivity contribution in [1.82, 2.24) is 9.55 Å². The van der Waals surface area contributed by atoms with Crippen LogP contribution in [0.4, 0.5) is 0 Å². The Kier molecular flexibility index (Phi) is 25.4. The highest BCUT2D eigenvalue weighted by atomic mass is 15.1. The van der Waals surface area contributed by atoms with Crippen molar-refractivity contribution in [3.63, 3.8) is 0 Å². The van der Waals surface area contributed by atoms with E-state index in [0.29, 0.717) is 12.0 Å². The largest absolute Gasteiger partial charge is 0.332 e. The second-order valence-corrected chi connectivity index (χ2v) is 12.9. The molecule has 0 radical (unpaired) electrons. The fourth-order valence-electron chi connectivity index (χ4n) is 6.35. The van der Waals surface area contributed by atoms with Crippen molar-refractivity contribution in [1.29, 1.82) is 0 Å². The average Bonchev–Trinajstić information content (AvgIpc) is 3.44. The predicted molar refractivity (Wildman–Crippen MR) is 176 cm³/mol. The first kappa shape index (κ1) is 36.2. The molecule has 0 saturated carbocycles. The molecule has 0 aliphatic heterocycles. The lowest BCUT2D eigenvalue weighted by molar-refractivity contribution is 0.412. The maximum atomic E-state index is 4.98. The minimum Gasteiger partial charge on any atom is -0.332 e. The van der Waals surface area contributed by atoms with Crippen LogP contribution in [0, 0.1) is 0 Å². The molecule has 39 heavy (non-hydrogen) atoms. The van der Waals surface area contributed by atoms with Gasteiger partial charge in [0, 0.05) is 24.4 Å². The first-order valence-corrected chi connectivity index (χ1v) is 18.3. The van der Waals surface area contributed by atoms with E-state index >= 15 is 0 Å². The highest BCUT2D eigenvalue weighted by Crippen LogP contribution is 2.30. The summed E-state index contributed by atoms with van der Waals surface area (Å²) in [5.74, 6) is 2.06. The van der Waals surface area contributed by atoms with E-state index in [2.05, 4.69) is 44.7 Å². The zero-order valence-electron chi connectivity index (χ0n) is 27.5. The second-order valence-electron chi connectivity index (χ2n) is 12.9. The molecule has 2 heteroatoms. The molecular formula is C37H72N2. The van der Waals surface area contributed by atoms with Gasteiger partial charge in [0.15, 0.2) is 0 Å². The molecule has 1 heterocycles. The number of hydrogen-bond donors (Lipinski definition) is 0. The van der Waals surface area contributed by atoms with Gasteiger partial charge in [-0.25, -0.2) is 4.98 Å². The van der Waals surface area contributed by atoms with Gasteiger partial charge in [0.05, 0.1) is 0 Å². The van der Waals surface area contributed by atoms with Crippen molar-refractivity contribution in [2.75, 3.05) is 0 Å². The van der Waals surface area contributed by atoms with Gasteiger partial charge in [-0.3, -0.25) is 0 Å². The Hall–Kier alpha value is -0.790. The van der Waals surface area contributed by atoms with Gasteiger partial charge in [0.2, 0.25) is 0 Å². The quantitative estimate of drug-likeness (QED) is 0.0880. The highest BCUT2D eigenvalue weighted by Gasteiger charge is 2.19. The van der Waals surface area contributed by atoms with E-state index in [1.54, 1.807) is 0 Å². The molecule has 1 aromatic heterocycles. The summed E-state index contributed by atoms with van der Waals surface area (Å²) in [6, 6.07) is 0.590. The van der Waals surface area contributed by atoms with Crippen molar-refractivity contribution < 1.29 is 0 Å². The number of hydrogen-bond acceptors (Lipinski definition) is 1. The molecule has 0 spiro atoms. The lowest BCUT2D eigenvalue weighted by Crippen LogP contribution is -2.13. The van der Waals surface area contributed by atoms with Crippen LogP contribution in [-0.4, -0.2) is 9.55 Å². The smallest absolute Gasteiger partial charge is 0.111 e. The summed E-state index contributed by atoms with van der Waals surface area (Å²) in [5, 5.41) is 0. The Labute approximate surface area is 246 Å². The molecule has 2 nitrogen and oxygen atoms in total. The number of aromatic nitrogens is 2. The average molecular weight is 545 g/mol. The molecule has 0 amide bonds. The Bertz CT molecular complexity index is 606. The standard InChI is InChI=1S/C37H72N2/c1-5-8-11-14-17-19-20-21-22-24-27-30-35(4)39-34-33-38-37(39)36(31-28-25-16-13-10-7-3)32-29-26-23-18-15-12-9-6-2/h33-36H,5-32H2,1-4H3. The van der Waals surface area contributed by atoms with Crippen LogP contribution < -0.4 is 0 Å². The van der Waals surface area contributed by atoms with Crippen LogP contribution in [0.1, 0.15) is 225 Å². The van der Waals surface area contributed by atoms with E-state index in [4.69, 9.17) is 4.98 Å². The van der Waals surface area contributed by atoms with Gasteiger partial charge in [0.25, 0.3) is 0 Å².